The van der Waals surface area contributed by atoms with Crippen LogP contribution in [0.15, 0.2) is 138 Å². The molecule has 6 aromatic carbocycles. The predicted molar refractivity (Wildman–Crippen MR) is 175 cm³/mol. The molecule has 1 aliphatic rings. The summed E-state index contributed by atoms with van der Waals surface area (Å²) in [6.07, 6.45) is 0. The van der Waals surface area contributed by atoms with Crippen molar-refractivity contribution in [2.24, 2.45) is 0 Å². The lowest BCUT2D eigenvalue weighted by atomic mass is 9.67. The summed E-state index contributed by atoms with van der Waals surface area (Å²) in [5.41, 5.74) is 9.15. The molecule has 1 aromatic heterocycles. The number of hydrogen-bond acceptors (Lipinski definition) is 1. The van der Waals surface area contributed by atoms with Crippen molar-refractivity contribution in [3.05, 3.63) is 165 Å². The molecule has 0 amide bonds. The second kappa shape index (κ2) is 9.17. The van der Waals surface area contributed by atoms with Crippen LogP contribution in [0.5, 0.6) is 0 Å². The van der Waals surface area contributed by atoms with E-state index >= 15 is 0 Å². The molecule has 0 unspecified atom stereocenters. The minimum atomic E-state index is -0.470. The van der Waals surface area contributed by atoms with Gasteiger partial charge < -0.3 is 0 Å². The lowest BCUT2D eigenvalue weighted by Gasteiger charge is -2.34. The molecule has 190 valence electrons. The van der Waals surface area contributed by atoms with Crippen molar-refractivity contribution in [2.45, 2.75) is 5.41 Å². The van der Waals surface area contributed by atoms with Gasteiger partial charge >= 0.3 is 0 Å². The number of halogens is 2. The van der Waals surface area contributed by atoms with Gasteiger partial charge in [-0.05, 0) is 69.3 Å². The second-order valence-electron chi connectivity index (χ2n) is 10.4. The van der Waals surface area contributed by atoms with Crippen LogP contribution in [-0.4, -0.2) is 0 Å². The zero-order valence-electron chi connectivity index (χ0n) is 21.4. The van der Waals surface area contributed by atoms with E-state index < -0.39 is 5.41 Å². The highest BCUT2D eigenvalue weighted by atomic mass is 79.9. The molecule has 0 saturated carbocycles. The summed E-state index contributed by atoms with van der Waals surface area (Å²) in [7, 11) is 0. The van der Waals surface area contributed by atoms with Crippen LogP contribution >= 0.6 is 38.9 Å². The second-order valence-corrected chi connectivity index (χ2v) is 12.8. The van der Waals surface area contributed by atoms with Gasteiger partial charge in [0.2, 0.25) is 0 Å². The Morgan fingerprint density at radius 1 is 0.550 bits per heavy atom. The van der Waals surface area contributed by atoms with E-state index in [1.807, 2.05) is 11.3 Å². The number of hydrogen-bond donors (Lipinski definition) is 0. The Morgan fingerprint density at radius 2 is 1.18 bits per heavy atom. The zero-order valence-corrected chi connectivity index (χ0v) is 24.5. The number of rotatable bonds is 3. The van der Waals surface area contributed by atoms with E-state index in [2.05, 4.69) is 149 Å². The van der Waals surface area contributed by atoms with Crippen molar-refractivity contribution in [1.29, 1.82) is 0 Å². The summed E-state index contributed by atoms with van der Waals surface area (Å²) in [5.74, 6) is 0. The first-order chi connectivity index (χ1) is 19.6. The SMILES string of the molecule is Clc1cc(-c2ccc3c(c2)sc2cc(Br)ccc23)cc2c1-c1ccccc1C2(c1ccccc1)c1ccccc1. The summed E-state index contributed by atoms with van der Waals surface area (Å²) < 4.78 is 3.67. The van der Waals surface area contributed by atoms with Crippen LogP contribution in [0.3, 0.4) is 0 Å². The summed E-state index contributed by atoms with van der Waals surface area (Å²) in [4.78, 5) is 0. The van der Waals surface area contributed by atoms with E-state index in [4.69, 9.17) is 11.6 Å². The Bertz CT molecular complexity index is 2040. The van der Waals surface area contributed by atoms with E-state index in [9.17, 15) is 0 Å². The maximum absolute atomic E-state index is 7.25. The molecule has 0 N–H and O–H groups in total. The summed E-state index contributed by atoms with van der Waals surface area (Å²) in [6.45, 7) is 0. The van der Waals surface area contributed by atoms with Crippen molar-refractivity contribution in [2.75, 3.05) is 0 Å². The topological polar surface area (TPSA) is 0 Å². The molecule has 0 bridgehead atoms. The molecular weight excluding hydrogens is 592 g/mol. The predicted octanol–water partition coefficient (Wildman–Crippen LogP) is 11.5. The quantitative estimate of drug-likeness (QED) is 0.186. The molecule has 0 nitrogen and oxygen atoms in total. The van der Waals surface area contributed by atoms with E-state index in [0.29, 0.717) is 0 Å². The van der Waals surface area contributed by atoms with E-state index in [1.165, 1.54) is 53.6 Å². The average molecular weight is 614 g/mol. The number of benzene rings is 6. The maximum atomic E-state index is 7.25. The minimum Gasteiger partial charge on any atom is -0.135 e. The Balaban J connectivity index is 1.43. The summed E-state index contributed by atoms with van der Waals surface area (Å²) in [6, 6.07) is 48.4. The molecule has 0 radical (unpaired) electrons. The lowest BCUT2D eigenvalue weighted by Crippen LogP contribution is -2.28. The van der Waals surface area contributed by atoms with Crippen LogP contribution in [-0.2, 0) is 5.41 Å². The van der Waals surface area contributed by atoms with Gasteiger partial charge in [-0.3, -0.25) is 0 Å². The van der Waals surface area contributed by atoms with Gasteiger partial charge in [0.25, 0.3) is 0 Å². The molecule has 8 rings (SSSR count). The van der Waals surface area contributed by atoms with Crippen LogP contribution < -0.4 is 0 Å². The van der Waals surface area contributed by atoms with Crippen LogP contribution in [0.1, 0.15) is 22.3 Å². The molecular formula is C37H22BrClS. The highest BCUT2D eigenvalue weighted by Crippen LogP contribution is 2.58. The Kier molecular flexibility index (Phi) is 5.54. The molecule has 40 heavy (non-hydrogen) atoms. The van der Waals surface area contributed by atoms with Gasteiger partial charge in [-0.15, -0.1) is 11.3 Å². The molecule has 0 atom stereocenters. The molecule has 3 heteroatoms. The van der Waals surface area contributed by atoms with Crippen molar-refractivity contribution in [3.63, 3.8) is 0 Å². The van der Waals surface area contributed by atoms with Crippen molar-refractivity contribution in [3.8, 4) is 22.3 Å². The van der Waals surface area contributed by atoms with E-state index in [-0.39, 0.29) is 0 Å². The molecule has 7 aromatic rings. The maximum Gasteiger partial charge on any atom is 0.0714 e. The first-order valence-electron chi connectivity index (χ1n) is 13.3. The standard InChI is InChI=1S/C37H22BrClS/c38-27-16-18-29-28-17-15-23(21-34(28)40-35(29)22-27)24-19-32-36(33(39)20-24)30-13-7-8-14-31(30)37(32,25-9-3-1-4-10-25)26-11-5-2-6-12-26/h1-22H. The van der Waals surface area contributed by atoms with Gasteiger partial charge in [-0.1, -0.05) is 131 Å². The van der Waals surface area contributed by atoms with Crippen LogP contribution in [0.4, 0.5) is 0 Å². The Morgan fingerprint density at radius 3 is 1.90 bits per heavy atom. The summed E-state index contributed by atoms with van der Waals surface area (Å²) >= 11 is 12.7. The highest BCUT2D eigenvalue weighted by molar-refractivity contribution is 9.10. The fourth-order valence-electron chi connectivity index (χ4n) is 6.61. The average Bonchev–Trinajstić information content (AvgIpc) is 3.51. The van der Waals surface area contributed by atoms with Gasteiger partial charge in [-0.2, -0.15) is 0 Å². The lowest BCUT2D eigenvalue weighted by molar-refractivity contribution is 0.769. The van der Waals surface area contributed by atoms with Gasteiger partial charge in [0, 0.05) is 35.2 Å². The van der Waals surface area contributed by atoms with Crippen LogP contribution in [0, 0.1) is 0 Å². The highest BCUT2D eigenvalue weighted by Gasteiger charge is 2.46. The minimum absolute atomic E-state index is 0.470. The monoisotopic (exact) mass is 612 g/mol. The Hall–Kier alpha value is -3.69. The molecule has 0 fully saturated rings. The third kappa shape index (κ3) is 3.43. The number of thiophene rings is 1. The van der Waals surface area contributed by atoms with Gasteiger partial charge in [0.15, 0.2) is 0 Å². The summed E-state index contributed by atoms with van der Waals surface area (Å²) in [5, 5.41) is 3.37. The fourth-order valence-corrected chi connectivity index (χ4v) is 8.63. The third-order valence-electron chi connectivity index (χ3n) is 8.28. The van der Waals surface area contributed by atoms with Crippen molar-refractivity contribution < 1.29 is 0 Å². The smallest absolute Gasteiger partial charge is 0.0714 e. The normalized spacial score (nSPS) is 13.4. The molecule has 0 aliphatic heterocycles. The Labute approximate surface area is 250 Å². The van der Waals surface area contributed by atoms with Gasteiger partial charge in [-0.25, -0.2) is 0 Å². The zero-order chi connectivity index (χ0) is 26.8. The van der Waals surface area contributed by atoms with E-state index in [1.54, 1.807) is 0 Å². The molecule has 0 spiro atoms. The van der Waals surface area contributed by atoms with Crippen molar-refractivity contribution in [1.82, 2.24) is 0 Å². The van der Waals surface area contributed by atoms with E-state index in [0.717, 1.165) is 20.6 Å². The number of fused-ring (bicyclic) bond motifs is 6. The molecule has 1 aliphatic carbocycles. The van der Waals surface area contributed by atoms with Crippen LogP contribution in [0.2, 0.25) is 5.02 Å². The molecule has 1 heterocycles. The van der Waals surface area contributed by atoms with Gasteiger partial charge in [0.1, 0.15) is 0 Å². The fraction of sp³-hybridized carbons (Fsp3) is 0.0270. The first kappa shape index (κ1) is 24.1. The largest absolute Gasteiger partial charge is 0.135 e. The van der Waals surface area contributed by atoms with Gasteiger partial charge in [0.05, 0.1) is 5.41 Å². The third-order valence-corrected chi connectivity index (χ3v) is 10.2. The first-order valence-corrected chi connectivity index (χ1v) is 15.3. The molecule has 0 saturated heterocycles. The van der Waals surface area contributed by atoms with Crippen LogP contribution in [0.25, 0.3) is 42.4 Å². The van der Waals surface area contributed by atoms with Crippen molar-refractivity contribution >= 4 is 59.0 Å².